The highest BCUT2D eigenvalue weighted by Gasteiger charge is 2.53. The van der Waals surface area contributed by atoms with Crippen molar-refractivity contribution in [3.63, 3.8) is 0 Å². The van der Waals surface area contributed by atoms with E-state index in [-0.39, 0.29) is 23.3 Å². The fourth-order valence-corrected chi connectivity index (χ4v) is 9.37. The summed E-state index contributed by atoms with van der Waals surface area (Å²) < 4.78 is 80.9. The summed E-state index contributed by atoms with van der Waals surface area (Å²) >= 11 is 8.27. The molecule has 7 nitrogen and oxygen atoms in total. The molecule has 5 aliphatic heterocycles. The number of piperidine rings is 1. The Morgan fingerprint density at radius 3 is 1.30 bits per heavy atom. The van der Waals surface area contributed by atoms with Gasteiger partial charge in [-0.3, -0.25) is 0 Å². The molecule has 5 aliphatic rings. The zero-order valence-corrected chi connectivity index (χ0v) is 47.8. The van der Waals surface area contributed by atoms with Gasteiger partial charge < -0.3 is 33.3 Å². The number of likely N-dealkylation sites (tertiary alicyclic amines) is 1. The van der Waals surface area contributed by atoms with Gasteiger partial charge in [-0.1, -0.05) is 42.5 Å². The molecule has 9 rings (SSSR count). The number of hydrogen-bond acceptors (Lipinski definition) is 7. The van der Waals surface area contributed by atoms with Gasteiger partial charge >= 0.3 is 14.2 Å². The molecule has 3 saturated heterocycles. The van der Waals surface area contributed by atoms with E-state index >= 15 is 0 Å². The molecule has 0 amide bonds. The number of benzene rings is 4. The van der Waals surface area contributed by atoms with Crippen LogP contribution in [0.4, 0.5) is 17.6 Å². The monoisotopic (exact) mass is 1210 g/mol. The lowest BCUT2D eigenvalue weighted by Crippen LogP contribution is -2.41. The Balaban J connectivity index is 0.000000161. The summed E-state index contributed by atoms with van der Waals surface area (Å²) in [4.78, 5) is 6.82. The summed E-state index contributed by atoms with van der Waals surface area (Å²) in [6.07, 6.45) is 8.47. The van der Waals surface area contributed by atoms with Gasteiger partial charge in [0.05, 0.1) is 31.3 Å². The summed E-state index contributed by atoms with van der Waals surface area (Å²) in [5, 5.41) is 0. The zero-order chi connectivity index (χ0) is 51.3. The number of rotatable bonds is 5. The van der Waals surface area contributed by atoms with Gasteiger partial charge in [-0.05, 0) is 246 Å². The number of nitrogens with zero attached hydrogens (tertiary/aromatic N) is 3. The molecule has 0 N–H and O–H groups in total. The minimum atomic E-state index is -0.652. The lowest BCUT2D eigenvalue weighted by molar-refractivity contribution is 0.00578. The summed E-state index contributed by atoms with van der Waals surface area (Å²) in [5.74, 6) is -0.428. The second-order valence-corrected chi connectivity index (χ2v) is 23.9. The molecule has 4 aromatic rings. The van der Waals surface area contributed by atoms with Crippen molar-refractivity contribution in [2.24, 2.45) is 0 Å². The van der Waals surface area contributed by atoms with Crippen molar-refractivity contribution < 1.29 is 36.2 Å². The predicted molar refractivity (Wildman–Crippen MR) is 295 cm³/mol. The first-order valence-electron chi connectivity index (χ1n) is 24.1. The predicted octanol–water partition coefficient (Wildman–Crippen LogP) is 12.3. The van der Waals surface area contributed by atoms with Crippen molar-refractivity contribution in [3.8, 4) is 0 Å². The molecule has 0 spiro atoms. The first kappa shape index (κ1) is 56.9. The highest BCUT2D eigenvalue weighted by Crippen LogP contribution is 2.38. The van der Waals surface area contributed by atoms with E-state index in [0.717, 1.165) is 85.2 Å². The standard InChI is InChI=1S/C18H27BFNO2.C18H25BFNO2.C12H13BrFN.C6H3BrFI/c2*1-17(2)18(3,4)23-19(22-17)15-7-6-14(12-16(15)20)13-8-10-21(5)11-9-13;1-15-6-4-9(5-7-15)10-2-3-11(13)12(14)8-10;7-5-2-1-4(9)3-6(5)8/h6-7,12-13H,8-11H2,1-5H3;6-8,12H,9-11H2,1-5H3;2-4,8H,5-7H2,1H3;1-3H. The molecule has 0 radical (unpaired) electrons. The summed E-state index contributed by atoms with van der Waals surface area (Å²) in [5.41, 5.74) is 4.67. The topological polar surface area (TPSA) is 46.6 Å². The van der Waals surface area contributed by atoms with E-state index in [9.17, 15) is 17.6 Å². The van der Waals surface area contributed by atoms with E-state index in [0.29, 0.717) is 25.8 Å². The fourth-order valence-electron chi connectivity index (χ4n) is 8.42. The van der Waals surface area contributed by atoms with Crippen molar-refractivity contribution in [3.05, 3.63) is 137 Å². The molecule has 0 saturated carbocycles. The summed E-state index contributed by atoms with van der Waals surface area (Å²) in [6.45, 7) is 21.9. The van der Waals surface area contributed by atoms with Crippen molar-refractivity contribution in [1.82, 2.24) is 14.7 Å². The quantitative estimate of drug-likeness (QED) is 0.0854. The van der Waals surface area contributed by atoms with E-state index < -0.39 is 36.6 Å². The molecule has 3 fully saturated rings. The molecule has 16 heteroatoms. The molecular weight excluding hydrogens is 1140 g/mol. The third kappa shape index (κ3) is 14.5. The van der Waals surface area contributed by atoms with Gasteiger partial charge in [0.2, 0.25) is 0 Å². The molecule has 5 heterocycles. The maximum absolute atomic E-state index is 14.7. The van der Waals surface area contributed by atoms with E-state index in [1.807, 2.05) is 85.7 Å². The highest BCUT2D eigenvalue weighted by atomic mass is 127. The van der Waals surface area contributed by atoms with Gasteiger partial charge in [-0.15, -0.1) is 0 Å². The first-order chi connectivity index (χ1) is 32.8. The van der Waals surface area contributed by atoms with E-state index in [1.54, 1.807) is 36.4 Å². The van der Waals surface area contributed by atoms with Crippen molar-refractivity contribution in [2.75, 3.05) is 60.4 Å². The summed E-state index contributed by atoms with van der Waals surface area (Å²) in [6, 6.07) is 21.3. The van der Waals surface area contributed by atoms with E-state index in [1.165, 1.54) is 17.2 Å². The van der Waals surface area contributed by atoms with Crippen molar-refractivity contribution in [1.29, 1.82) is 0 Å². The molecule has 70 heavy (non-hydrogen) atoms. The Hall–Kier alpha value is -2.38. The average molecular weight is 1210 g/mol. The van der Waals surface area contributed by atoms with Gasteiger partial charge in [-0.25, -0.2) is 17.6 Å². The van der Waals surface area contributed by atoms with E-state index in [4.69, 9.17) is 18.6 Å². The van der Waals surface area contributed by atoms with Gasteiger partial charge in [0.25, 0.3) is 0 Å². The normalized spacial score (nSPS) is 21.1. The third-order valence-corrected chi connectivity index (χ3v) is 16.6. The number of likely N-dealkylation sites (N-methyl/N-ethyl adjacent to an activating group) is 2. The third-order valence-electron chi connectivity index (χ3n) is 14.6. The first-order valence-corrected chi connectivity index (χ1v) is 26.7. The molecule has 0 bridgehead atoms. The highest BCUT2D eigenvalue weighted by molar-refractivity contribution is 14.1. The fraction of sp³-hybridized carbons (Fsp3) is 0.481. The van der Waals surface area contributed by atoms with Crippen LogP contribution in [0.2, 0.25) is 0 Å². The molecule has 378 valence electrons. The number of hydrogen-bond donors (Lipinski definition) is 0. The molecule has 4 aromatic carbocycles. The van der Waals surface area contributed by atoms with Crippen LogP contribution in [0.5, 0.6) is 0 Å². The maximum atomic E-state index is 14.7. The smallest absolute Gasteiger partial charge is 0.399 e. The van der Waals surface area contributed by atoms with Gasteiger partial charge in [0, 0.05) is 40.7 Å². The van der Waals surface area contributed by atoms with Crippen molar-refractivity contribution in [2.45, 2.75) is 109 Å². The Morgan fingerprint density at radius 2 is 0.914 bits per heavy atom. The van der Waals surface area contributed by atoms with Crippen LogP contribution in [0.25, 0.3) is 11.1 Å². The molecule has 0 atom stereocenters. The summed E-state index contributed by atoms with van der Waals surface area (Å²) in [7, 11) is 5.04. The molecule has 0 unspecified atom stereocenters. The zero-order valence-electron chi connectivity index (χ0n) is 42.5. The van der Waals surface area contributed by atoms with E-state index in [2.05, 4.69) is 102 Å². The van der Waals surface area contributed by atoms with Crippen LogP contribution in [0.3, 0.4) is 0 Å². The van der Waals surface area contributed by atoms with Gasteiger partial charge in [-0.2, -0.15) is 0 Å². The second-order valence-electron chi connectivity index (χ2n) is 20.9. The lowest BCUT2D eigenvalue weighted by Gasteiger charge is -2.32. The Bertz CT molecular complexity index is 2490. The minimum Gasteiger partial charge on any atom is -0.399 e. The van der Waals surface area contributed by atoms with Crippen LogP contribution in [-0.2, 0) is 18.6 Å². The second kappa shape index (κ2) is 23.9. The largest absolute Gasteiger partial charge is 0.497 e. The van der Waals surface area contributed by atoms with Crippen LogP contribution in [0.15, 0.2) is 93.9 Å². The Morgan fingerprint density at radius 1 is 0.514 bits per heavy atom. The Labute approximate surface area is 445 Å². The minimum absolute atomic E-state index is 0.188. The van der Waals surface area contributed by atoms with Crippen LogP contribution < -0.4 is 10.9 Å². The SMILES string of the molecule is CN1CC=C(c2ccc(B3OC(C)(C)C(C)(C)O3)c(F)c2)CC1.CN1CC=C(c2ccc(Br)c(F)c2)CC1.CN1CCC(c2ccc(B3OC(C)(C)C(C)(C)O3)c(F)c2)CC1.Fc1cc(I)ccc1Br. The molecular formula is C54H68B2Br2F4IN3O4. The van der Waals surface area contributed by atoms with Gasteiger partial charge in [0.1, 0.15) is 23.3 Å². The van der Waals surface area contributed by atoms with Crippen LogP contribution in [0.1, 0.15) is 104 Å². The Kier molecular flexibility index (Phi) is 19.4. The van der Waals surface area contributed by atoms with Crippen molar-refractivity contribution >= 4 is 90.8 Å². The lowest BCUT2D eigenvalue weighted by atomic mass is 9.77. The van der Waals surface area contributed by atoms with Crippen LogP contribution in [0, 0.1) is 26.8 Å². The number of halogens is 7. The maximum Gasteiger partial charge on any atom is 0.497 e. The van der Waals surface area contributed by atoms with Crippen LogP contribution in [-0.4, -0.2) is 112 Å². The van der Waals surface area contributed by atoms with Crippen LogP contribution >= 0.6 is 54.5 Å². The average Bonchev–Trinajstić information content (AvgIpc) is 3.66. The molecule has 0 aromatic heterocycles. The molecule has 0 aliphatic carbocycles. The van der Waals surface area contributed by atoms with Gasteiger partial charge in [0.15, 0.2) is 0 Å².